The number of fused-ring (bicyclic) bond motifs is 1. The third-order valence-electron chi connectivity index (χ3n) is 3.33. The topological polar surface area (TPSA) is 31.7 Å². The lowest BCUT2D eigenvalue weighted by atomic mass is 10.1. The molecule has 86 valence electrons. The van der Waals surface area contributed by atoms with Gasteiger partial charge in [-0.25, -0.2) is 0 Å². The van der Waals surface area contributed by atoms with Crippen molar-refractivity contribution < 1.29 is 4.42 Å². The minimum atomic E-state index is 0.261. The predicted molar refractivity (Wildman–Crippen MR) is 62.7 cm³/mol. The van der Waals surface area contributed by atoms with Crippen molar-refractivity contribution in [3.05, 3.63) is 29.9 Å². The Morgan fingerprint density at radius 3 is 3.00 bits per heavy atom. The van der Waals surface area contributed by atoms with Gasteiger partial charge in [0.1, 0.15) is 11.9 Å². The summed E-state index contributed by atoms with van der Waals surface area (Å²) < 4.78 is 5.64. The first-order chi connectivity index (χ1) is 7.86. The second kappa shape index (κ2) is 3.96. The predicted octanol–water partition coefficient (Wildman–Crippen LogP) is 1.10. The molecule has 0 spiro atoms. The molecule has 1 saturated heterocycles. The summed E-state index contributed by atoms with van der Waals surface area (Å²) in [6.07, 6.45) is 6.28. The Bertz CT molecular complexity index is 393. The standard InChI is InChI=1S/C12H17N3O/c1-14-6-2-10-3-9-16-11(10)12(14)15-7-4-13-5-8-15/h2-3,6,9,12-13H,4-5,7-8H2,1H3. The first kappa shape index (κ1) is 9.93. The van der Waals surface area contributed by atoms with E-state index in [1.807, 2.05) is 6.07 Å². The van der Waals surface area contributed by atoms with Gasteiger partial charge in [-0.2, -0.15) is 0 Å². The van der Waals surface area contributed by atoms with E-state index in [-0.39, 0.29) is 6.17 Å². The molecule has 1 N–H and O–H groups in total. The lowest BCUT2D eigenvalue weighted by Gasteiger charge is -2.40. The van der Waals surface area contributed by atoms with E-state index in [1.165, 1.54) is 5.56 Å². The van der Waals surface area contributed by atoms with E-state index in [2.05, 4.69) is 34.4 Å². The molecule has 16 heavy (non-hydrogen) atoms. The molecule has 0 aromatic carbocycles. The van der Waals surface area contributed by atoms with Crippen LogP contribution in [0.3, 0.4) is 0 Å². The number of nitrogens with one attached hydrogen (secondary N) is 1. The summed E-state index contributed by atoms with van der Waals surface area (Å²) in [5.74, 6) is 1.08. The van der Waals surface area contributed by atoms with Gasteiger partial charge in [0.05, 0.1) is 6.26 Å². The Kier molecular flexibility index (Phi) is 2.46. The molecule has 1 fully saturated rings. The zero-order chi connectivity index (χ0) is 11.0. The molecular weight excluding hydrogens is 202 g/mol. The fourth-order valence-corrected chi connectivity index (χ4v) is 2.49. The number of furan rings is 1. The quantitative estimate of drug-likeness (QED) is 0.766. The number of hydrogen-bond donors (Lipinski definition) is 1. The fraction of sp³-hybridized carbons (Fsp3) is 0.500. The summed E-state index contributed by atoms with van der Waals surface area (Å²) in [4.78, 5) is 4.68. The number of piperazine rings is 1. The van der Waals surface area contributed by atoms with Crippen LogP contribution in [0.5, 0.6) is 0 Å². The third-order valence-corrected chi connectivity index (χ3v) is 3.33. The van der Waals surface area contributed by atoms with Gasteiger partial charge in [-0.3, -0.25) is 4.90 Å². The van der Waals surface area contributed by atoms with Crippen LogP contribution in [0.4, 0.5) is 0 Å². The summed E-state index contributed by atoms with van der Waals surface area (Å²) in [5, 5.41) is 3.38. The Balaban J connectivity index is 1.90. The van der Waals surface area contributed by atoms with Gasteiger partial charge in [0.25, 0.3) is 0 Å². The number of rotatable bonds is 1. The highest BCUT2D eigenvalue weighted by Crippen LogP contribution is 2.32. The van der Waals surface area contributed by atoms with Gasteiger partial charge in [0.2, 0.25) is 0 Å². The summed E-state index contributed by atoms with van der Waals surface area (Å²) in [7, 11) is 2.11. The van der Waals surface area contributed by atoms with Gasteiger partial charge in [0.15, 0.2) is 0 Å². The summed E-state index contributed by atoms with van der Waals surface area (Å²) >= 11 is 0. The lowest BCUT2D eigenvalue weighted by Crippen LogP contribution is -2.49. The molecule has 3 rings (SSSR count). The minimum Gasteiger partial charge on any atom is -0.465 e. The maximum Gasteiger partial charge on any atom is 0.148 e. The smallest absolute Gasteiger partial charge is 0.148 e. The molecule has 0 radical (unpaired) electrons. The van der Waals surface area contributed by atoms with Crippen molar-refractivity contribution in [3.63, 3.8) is 0 Å². The van der Waals surface area contributed by atoms with Crippen LogP contribution in [0.2, 0.25) is 0 Å². The highest BCUT2D eigenvalue weighted by Gasteiger charge is 2.30. The van der Waals surface area contributed by atoms with E-state index in [0.29, 0.717) is 0 Å². The Labute approximate surface area is 95.5 Å². The summed E-state index contributed by atoms with van der Waals surface area (Å²) in [6.45, 7) is 4.26. The maximum absolute atomic E-state index is 5.64. The molecule has 0 bridgehead atoms. The maximum atomic E-state index is 5.64. The average molecular weight is 219 g/mol. The molecule has 4 heteroatoms. The molecule has 0 saturated carbocycles. The molecule has 4 nitrogen and oxygen atoms in total. The van der Waals surface area contributed by atoms with Crippen LogP contribution in [0.15, 0.2) is 22.9 Å². The van der Waals surface area contributed by atoms with Crippen LogP contribution >= 0.6 is 0 Å². The Hall–Kier alpha value is -1.26. The molecular formula is C12H17N3O. The molecule has 0 amide bonds. The van der Waals surface area contributed by atoms with E-state index in [4.69, 9.17) is 4.42 Å². The van der Waals surface area contributed by atoms with E-state index in [1.54, 1.807) is 6.26 Å². The number of nitrogens with zero attached hydrogens (tertiary/aromatic N) is 2. The van der Waals surface area contributed by atoms with Gasteiger partial charge in [-0.15, -0.1) is 0 Å². The van der Waals surface area contributed by atoms with Crippen molar-refractivity contribution >= 4 is 6.08 Å². The van der Waals surface area contributed by atoms with Crippen molar-refractivity contribution in [2.45, 2.75) is 6.17 Å². The van der Waals surface area contributed by atoms with Crippen LogP contribution in [-0.4, -0.2) is 43.0 Å². The highest BCUT2D eigenvalue weighted by atomic mass is 16.3. The third kappa shape index (κ3) is 1.54. The fourth-order valence-electron chi connectivity index (χ4n) is 2.49. The first-order valence-corrected chi connectivity index (χ1v) is 5.78. The number of hydrogen-bond acceptors (Lipinski definition) is 4. The largest absolute Gasteiger partial charge is 0.465 e. The van der Waals surface area contributed by atoms with Crippen molar-refractivity contribution in [1.82, 2.24) is 15.1 Å². The monoisotopic (exact) mass is 219 g/mol. The van der Waals surface area contributed by atoms with E-state index >= 15 is 0 Å². The molecule has 2 aliphatic heterocycles. The van der Waals surface area contributed by atoms with Crippen molar-refractivity contribution in [1.29, 1.82) is 0 Å². The van der Waals surface area contributed by atoms with Gasteiger partial charge < -0.3 is 14.6 Å². The van der Waals surface area contributed by atoms with Gasteiger partial charge in [0, 0.05) is 45.0 Å². The highest BCUT2D eigenvalue weighted by molar-refractivity contribution is 5.53. The van der Waals surface area contributed by atoms with E-state index < -0.39 is 0 Å². The van der Waals surface area contributed by atoms with Crippen molar-refractivity contribution in [2.24, 2.45) is 0 Å². The Morgan fingerprint density at radius 2 is 2.19 bits per heavy atom. The molecule has 1 aromatic heterocycles. The second-order valence-electron chi connectivity index (χ2n) is 4.38. The van der Waals surface area contributed by atoms with Crippen LogP contribution in [0.1, 0.15) is 17.5 Å². The van der Waals surface area contributed by atoms with Crippen LogP contribution < -0.4 is 5.32 Å². The lowest BCUT2D eigenvalue weighted by molar-refractivity contribution is 0.0613. The summed E-state index contributed by atoms with van der Waals surface area (Å²) in [5.41, 5.74) is 1.21. The van der Waals surface area contributed by atoms with Gasteiger partial charge in [-0.05, 0) is 12.1 Å². The molecule has 0 aliphatic carbocycles. The molecule has 2 aliphatic rings. The summed E-state index contributed by atoms with van der Waals surface area (Å²) in [6, 6.07) is 2.04. The Morgan fingerprint density at radius 1 is 1.38 bits per heavy atom. The molecule has 1 atom stereocenters. The zero-order valence-electron chi connectivity index (χ0n) is 9.52. The van der Waals surface area contributed by atoms with Gasteiger partial charge in [-0.1, -0.05) is 0 Å². The van der Waals surface area contributed by atoms with Gasteiger partial charge >= 0.3 is 0 Å². The average Bonchev–Trinajstić information content (AvgIpc) is 2.78. The van der Waals surface area contributed by atoms with Crippen molar-refractivity contribution in [2.75, 3.05) is 33.2 Å². The van der Waals surface area contributed by atoms with Crippen LogP contribution in [0, 0.1) is 0 Å². The normalized spacial score (nSPS) is 25.8. The van der Waals surface area contributed by atoms with Crippen molar-refractivity contribution in [3.8, 4) is 0 Å². The van der Waals surface area contributed by atoms with Crippen LogP contribution in [-0.2, 0) is 0 Å². The van der Waals surface area contributed by atoms with E-state index in [9.17, 15) is 0 Å². The molecule has 1 unspecified atom stereocenters. The minimum absolute atomic E-state index is 0.261. The zero-order valence-corrected chi connectivity index (χ0v) is 9.52. The first-order valence-electron chi connectivity index (χ1n) is 5.78. The second-order valence-corrected chi connectivity index (χ2v) is 4.38. The van der Waals surface area contributed by atoms with E-state index in [0.717, 1.165) is 31.9 Å². The molecule has 3 heterocycles. The molecule has 1 aromatic rings. The SMILES string of the molecule is CN1C=Cc2ccoc2C1N1CCNCC1. The van der Waals surface area contributed by atoms with Crippen LogP contribution in [0.25, 0.3) is 6.08 Å².